The average Bonchev–Trinajstić information content (AvgIpc) is 2.81. The molecule has 6 heteroatoms. The minimum absolute atomic E-state index is 0.129. The van der Waals surface area contributed by atoms with E-state index in [-0.39, 0.29) is 5.91 Å². The van der Waals surface area contributed by atoms with E-state index in [1.807, 2.05) is 67.3 Å². The quantitative estimate of drug-likeness (QED) is 0.696. The van der Waals surface area contributed by atoms with Crippen molar-refractivity contribution in [1.29, 1.82) is 0 Å². The van der Waals surface area contributed by atoms with E-state index in [9.17, 15) is 4.79 Å². The van der Waals surface area contributed by atoms with Crippen molar-refractivity contribution >= 4 is 11.7 Å². The molecular weight excluding hydrogens is 374 g/mol. The van der Waals surface area contributed by atoms with Crippen LogP contribution in [0.25, 0.3) is 11.5 Å². The number of anilines is 1. The van der Waals surface area contributed by atoms with Gasteiger partial charge in [0.15, 0.2) is 5.82 Å². The number of hydrogen-bond acceptors (Lipinski definition) is 5. The number of aryl methyl sites for hydroxylation is 1. The highest BCUT2D eigenvalue weighted by molar-refractivity contribution is 5.94. The molecule has 3 aromatic rings. The Labute approximate surface area is 177 Å². The Morgan fingerprint density at radius 2 is 1.77 bits per heavy atom. The Balaban J connectivity index is 1.37. The van der Waals surface area contributed by atoms with Gasteiger partial charge in [-0.15, -0.1) is 0 Å². The molecule has 1 aliphatic heterocycles. The van der Waals surface area contributed by atoms with Gasteiger partial charge in [0.2, 0.25) is 0 Å². The second kappa shape index (κ2) is 9.03. The van der Waals surface area contributed by atoms with Gasteiger partial charge in [-0.05, 0) is 56.9 Å². The van der Waals surface area contributed by atoms with Crippen LogP contribution in [0, 0.1) is 19.8 Å². The van der Waals surface area contributed by atoms with E-state index in [4.69, 9.17) is 4.98 Å². The molecule has 1 fully saturated rings. The number of likely N-dealkylation sites (tertiary alicyclic amines) is 1. The van der Waals surface area contributed by atoms with Crippen LogP contribution in [-0.4, -0.2) is 45.4 Å². The lowest BCUT2D eigenvalue weighted by atomic mass is 9.96. The van der Waals surface area contributed by atoms with Crippen LogP contribution in [0.5, 0.6) is 0 Å². The zero-order valence-corrected chi connectivity index (χ0v) is 17.5. The number of pyridine rings is 1. The SMILES string of the molecule is Cc1nc(-c2ccccn2)nc(NCC2CCN(C(=O)c3ccccc3)CC2)c1C. The molecule has 0 radical (unpaired) electrons. The predicted octanol–water partition coefficient (Wildman–Crippen LogP) is 4.12. The minimum atomic E-state index is 0.129. The monoisotopic (exact) mass is 401 g/mol. The van der Waals surface area contributed by atoms with Crippen molar-refractivity contribution < 1.29 is 4.79 Å². The summed E-state index contributed by atoms with van der Waals surface area (Å²) in [5.74, 6) is 2.15. The molecule has 1 aliphatic rings. The molecule has 3 heterocycles. The molecule has 2 aromatic heterocycles. The van der Waals surface area contributed by atoms with Gasteiger partial charge in [-0.1, -0.05) is 24.3 Å². The number of benzene rings is 1. The molecule has 0 unspecified atom stereocenters. The molecule has 0 aliphatic carbocycles. The normalized spacial score (nSPS) is 14.5. The van der Waals surface area contributed by atoms with Crippen LogP contribution in [0.1, 0.15) is 34.5 Å². The van der Waals surface area contributed by atoms with E-state index in [1.54, 1.807) is 6.20 Å². The molecule has 154 valence electrons. The van der Waals surface area contributed by atoms with Gasteiger partial charge in [0, 0.05) is 42.7 Å². The van der Waals surface area contributed by atoms with Crippen molar-refractivity contribution in [3.63, 3.8) is 0 Å². The van der Waals surface area contributed by atoms with E-state index >= 15 is 0 Å². The van der Waals surface area contributed by atoms with Crippen LogP contribution >= 0.6 is 0 Å². The highest BCUT2D eigenvalue weighted by Crippen LogP contribution is 2.23. The van der Waals surface area contributed by atoms with Crippen molar-refractivity contribution in [3.8, 4) is 11.5 Å². The fraction of sp³-hybridized carbons (Fsp3) is 0.333. The van der Waals surface area contributed by atoms with Gasteiger partial charge in [-0.2, -0.15) is 0 Å². The van der Waals surface area contributed by atoms with E-state index in [1.165, 1.54) is 0 Å². The van der Waals surface area contributed by atoms with Crippen LogP contribution in [-0.2, 0) is 0 Å². The fourth-order valence-electron chi connectivity index (χ4n) is 3.75. The Morgan fingerprint density at radius 1 is 1.03 bits per heavy atom. The van der Waals surface area contributed by atoms with E-state index in [0.29, 0.717) is 11.7 Å². The van der Waals surface area contributed by atoms with Crippen LogP contribution in [0.3, 0.4) is 0 Å². The number of rotatable bonds is 5. The third-order valence-electron chi connectivity index (χ3n) is 5.76. The third kappa shape index (κ3) is 4.48. The predicted molar refractivity (Wildman–Crippen MR) is 118 cm³/mol. The zero-order chi connectivity index (χ0) is 20.9. The Kier molecular flexibility index (Phi) is 6.02. The molecule has 1 N–H and O–H groups in total. The molecule has 4 rings (SSSR count). The number of amides is 1. The van der Waals surface area contributed by atoms with Crippen molar-refractivity contribution in [3.05, 3.63) is 71.5 Å². The number of carbonyl (C=O) groups is 1. The summed E-state index contributed by atoms with van der Waals surface area (Å²) in [6, 6.07) is 15.3. The third-order valence-corrected chi connectivity index (χ3v) is 5.76. The molecule has 0 spiro atoms. The molecule has 6 nitrogen and oxygen atoms in total. The summed E-state index contributed by atoms with van der Waals surface area (Å²) in [5.41, 5.74) is 3.56. The number of hydrogen-bond donors (Lipinski definition) is 1. The molecule has 30 heavy (non-hydrogen) atoms. The Hall–Kier alpha value is -3.28. The lowest BCUT2D eigenvalue weighted by Gasteiger charge is -2.32. The van der Waals surface area contributed by atoms with E-state index in [2.05, 4.69) is 15.3 Å². The second-order valence-electron chi connectivity index (χ2n) is 7.80. The zero-order valence-electron chi connectivity index (χ0n) is 17.5. The van der Waals surface area contributed by atoms with Crippen LogP contribution < -0.4 is 5.32 Å². The van der Waals surface area contributed by atoms with Crippen LogP contribution in [0.4, 0.5) is 5.82 Å². The van der Waals surface area contributed by atoms with Crippen molar-refractivity contribution in [1.82, 2.24) is 19.9 Å². The standard InChI is InChI=1S/C24H27N5O/c1-17-18(2)27-23(21-10-6-7-13-25-21)28-22(17)26-16-19-11-14-29(15-12-19)24(30)20-8-4-3-5-9-20/h3-10,13,19H,11-12,14-16H2,1-2H3,(H,26,27,28). The van der Waals surface area contributed by atoms with Gasteiger partial charge < -0.3 is 10.2 Å². The number of aromatic nitrogens is 3. The molecule has 0 atom stereocenters. The van der Waals surface area contributed by atoms with E-state index in [0.717, 1.165) is 60.8 Å². The number of nitrogens with zero attached hydrogens (tertiary/aromatic N) is 4. The van der Waals surface area contributed by atoms with Crippen molar-refractivity contribution in [2.45, 2.75) is 26.7 Å². The van der Waals surface area contributed by atoms with Gasteiger partial charge in [0.1, 0.15) is 11.5 Å². The van der Waals surface area contributed by atoms with Gasteiger partial charge in [-0.3, -0.25) is 9.78 Å². The largest absolute Gasteiger partial charge is 0.369 e. The molecular formula is C24H27N5O. The first-order valence-corrected chi connectivity index (χ1v) is 10.5. The second-order valence-corrected chi connectivity index (χ2v) is 7.80. The van der Waals surface area contributed by atoms with Crippen molar-refractivity contribution in [2.75, 3.05) is 25.0 Å². The molecule has 0 saturated carbocycles. The van der Waals surface area contributed by atoms with E-state index < -0.39 is 0 Å². The summed E-state index contributed by atoms with van der Waals surface area (Å²) in [7, 11) is 0. The highest BCUT2D eigenvalue weighted by atomic mass is 16.2. The van der Waals surface area contributed by atoms with Gasteiger partial charge in [-0.25, -0.2) is 9.97 Å². The minimum Gasteiger partial charge on any atom is -0.369 e. The fourth-order valence-corrected chi connectivity index (χ4v) is 3.75. The summed E-state index contributed by atoms with van der Waals surface area (Å²) < 4.78 is 0. The van der Waals surface area contributed by atoms with Crippen LogP contribution in [0.15, 0.2) is 54.7 Å². The molecule has 0 bridgehead atoms. The average molecular weight is 402 g/mol. The summed E-state index contributed by atoms with van der Waals surface area (Å²) in [6.45, 7) is 6.47. The summed E-state index contributed by atoms with van der Waals surface area (Å²) in [6.07, 6.45) is 3.73. The van der Waals surface area contributed by atoms with Crippen LogP contribution in [0.2, 0.25) is 0 Å². The highest BCUT2D eigenvalue weighted by Gasteiger charge is 2.23. The smallest absolute Gasteiger partial charge is 0.253 e. The van der Waals surface area contributed by atoms with Crippen molar-refractivity contribution in [2.24, 2.45) is 5.92 Å². The lowest BCUT2D eigenvalue weighted by Crippen LogP contribution is -2.40. The Morgan fingerprint density at radius 3 is 2.47 bits per heavy atom. The maximum Gasteiger partial charge on any atom is 0.253 e. The molecule has 1 amide bonds. The molecule has 1 aromatic carbocycles. The lowest BCUT2D eigenvalue weighted by molar-refractivity contribution is 0.0695. The number of carbonyl (C=O) groups excluding carboxylic acids is 1. The maximum atomic E-state index is 12.6. The summed E-state index contributed by atoms with van der Waals surface area (Å²) in [5, 5.41) is 3.53. The van der Waals surface area contributed by atoms with Gasteiger partial charge >= 0.3 is 0 Å². The maximum absolute atomic E-state index is 12.6. The number of nitrogens with one attached hydrogen (secondary N) is 1. The molecule has 1 saturated heterocycles. The summed E-state index contributed by atoms with van der Waals surface area (Å²) in [4.78, 5) is 28.3. The first-order chi connectivity index (χ1) is 14.6. The summed E-state index contributed by atoms with van der Waals surface area (Å²) >= 11 is 0. The van der Waals surface area contributed by atoms with Gasteiger partial charge in [0.05, 0.1) is 0 Å². The topological polar surface area (TPSA) is 71.0 Å². The Bertz CT molecular complexity index is 999. The van der Waals surface area contributed by atoms with Gasteiger partial charge in [0.25, 0.3) is 5.91 Å². The first kappa shape index (κ1) is 20.0. The first-order valence-electron chi connectivity index (χ1n) is 10.5. The number of piperidine rings is 1.